The monoisotopic (exact) mass is 178 g/mol. The Labute approximate surface area is 79.0 Å². The van der Waals surface area contributed by atoms with Crippen LogP contribution < -0.4 is 0 Å². The molecule has 0 N–H and O–H groups in total. The molecule has 1 radical (unpaired) electrons. The van der Waals surface area contributed by atoms with Crippen LogP contribution in [-0.4, -0.2) is 16.9 Å². The third-order valence-electron chi connectivity index (χ3n) is 1.73. The Balaban J connectivity index is 2.56. The third-order valence-corrected chi connectivity index (χ3v) is 1.99. The van der Waals surface area contributed by atoms with Gasteiger partial charge < -0.3 is 4.90 Å². The average Bonchev–Trinajstić information content (AvgIpc) is 2.16. The Hall–Kier alpha value is -0.890. The van der Waals surface area contributed by atoms with E-state index in [1.807, 2.05) is 23.1 Å². The molecule has 0 aromatic heterocycles. The van der Waals surface area contributed by atoms with E-state index in [1.165, 1.54) is 5.56 Å². The zero-order valence-corrected chi connectivity index (χ0v) is 7.97. The Morgan fingerprint density at radius 2 is 2.00 bits per heavy atom. The van der Waals surface area contributed by atoms with Crippen molar-refractivity contribution in [1.29, 1.82) is 0 Å². The molecule has 0 aliphatic heterocycles. The Kier molecular flexibility index (Phi) is 3.74. The summed E-state index contributed by atoms with van der Waals surface area (Å²) >= 11 is 4.75. The molecule has 1 rings (SSSR count). The number of rotatable bonds is 4. The van der Waals surface area contributed by atoms with Crippen molar-refractivity contribution < 1.29 is 0 Å². The van der Waals surface area contributed by atoms with Crippen LogP contribution in [0.1, 0.15) is 12.5 Å². The summed E-state index contributed by atoms with van der Waals surface area (Å²) in [5, 5.41) is 0. The molecule has 0 aliphatic rings. The molecule has 0 unspecified atom stereocenters. The van der Waals surface area contributed by atoms with Gasteiger partial charge >= 0.3 is 0 Å². The lowest BCUT2D eigenvalue weighted by molar-refractivity contribution is 0.455. The molecule has 0 aliphatic carbocycles. The summed E-state index contributed by atoms with van der Waals surface area (Å²) in [6.45, 7) is 3.85. The van der Waals surface area contributed by atoms with Crippen LogP contribution in [0.5, 0.6) is 0 Å². The molecule has 0 saturated carbocycles. The van der Waals surface area contributed by atoms with Gasteiger partial charge in [0.25, 0.3) is 0 Å². The third kappa shape index (κ3) is 2.62. The summed E-state index contributed by atoms with van der Waals surface area (Å²) in [6.07, 6.45) is 0. The number of nitrogens with zero attached hydrogens (tertiary/aromatic N) is 1. The minimum absolute atomic E-state index is 0.862. The van der Waals surface area contributed by atoms with E-state index in [2.05, 4.69) is 24.5 Å². The summed E-state index contributed by atoms with van der Waals surface area (Å²) < 4.78 is 0. The second-order valence-electron chi connectivity index (χ2n) is 2.59. The zero-order chi connectivity index (χ0) is 8.81. The van der Waals surface area contributed by atoms with Gasteiger partial charge in [0, 0.05) is 13.1 Å². The molecule has 63 valence electrons. The van der Waals surface area contributed by atoms with E-state index in [0.717, 1.165) is 13.1 Å². The van der Waals surface area contributed by atoms with Crippen molar-refractivity contribution >= 4 is 17.7 Å². The molecule has 0 bridgehead atoms. The standard InChI is InChI=1S/C10H12NS/c1-2-11(9-12)8-10-6-4-3-5-7-10/h3-7H,2,8H2,1H3. The van der Waals surface area contributed by atoms with Crippen molar-refractivity contribution in [2.75, 3.05) is 6.54 Å². The summed E-state index contributed by atoms with van der Waals surface area (Å²) in [5.74, 6) is 0. The zero-order valence-electron chi connectivity index (χ0n) is 7.16. The van der Waals surface area contributed by atoms with E-state index in [-0.39, 0.29) is 0 Å². The summed E-state index contributed by atoms with van der Waals surface area (Å²) in [7, 11) is 0. The van der Waals surface area contributed by atoms with Crippen LogP contribution in [-0.2, 0) is 6.54 Å². The van der Waals surface area contributed by atoms with Gasteiger partial charge in [-0.25, -0.2) is 0 Å². The Morgan fingerprint density at radius 1 is 1.33 bits per heavy atom. The lowest BCUT2D eigenvalue weighted by Gasteiger charge is -2.14. The van der Waals surface area contributed by atoms with Crippen LogP contribution in [0.2, 0.25) is 0 Å². The number of benzene rings is 1. The molecule has 0 spiro atoms. The van der Waals surface area contributed by atoms with E-state index in [4.69, 9.17) is 12.2 Å². The molecule has 1 aromatic carbocycles. The van der Waals surface area contributed by atoms with Crippen molar-refractivity contribution in [2.24, 2.45) is 0 Å². The second kappa shape index (κ2) is 4.88. The number of thiocarbonyl (C=S) groups is 1. The highest BCUT2D eigenvalue weighted by Crippen LogP contribution is 2.01. The molecule has 1 aromatic rings. The van der Waals surface area contributed by atoms with Gasteiger partial charge in [-0.3, -0.25) is 0 Å². The average molecular weight is 178 g/mol. The lowest BCUT2D eigenvalue weighted by Crippen LogP contribution is -2.19. The van der Waals surface area contributed by atoms with E-state index in [9.17, 15) is 0 Å². The van der Waals surface area contributed by atoms with E-state index in [1.54, 1.807) is 0 Å². The predicted octanol–water partition coefficient (Wildman–Crippen LogP) is 2.34. The van der Waals surface area contributed by atoms with Crippen LogP contribution in [0, 0.1) is 0 Å². The van der Waals surface area contributed by atoms with Gasteiger partial charge in [0.05, 0.1) is 0 Å². The van der Waals surface area contributed by atoms with E-state index < -0.39 is 0 Å². The van der Waals surface area contributed by atoms with Gasteiger partial charge in [0.15, 0.2) is 0 Å². The summed E-state index contributed by atoms with van der Waals surface area (Å²) in [4.78, 5) is 1.98. The Morgan fingerprint density at radius 3 is 2.50 bits per heavy atom. The highest BCUT2D eigenvalue weighted by atomic mass is 32.1. The molecular formula is C10H12NS. The van der Waals surface area contributed by atoms with Gasteiger partial charge in [0.1, 0.15) is 5.49 Å². The topological polar surface area (TPSA) is 3.24 Å². The van der Waals surface area contributed by atoms with Gasteiger partial charge in [-0.1, -0.05) is 42.5 Å². The predicted molar refractivity (Wildman–Crippen MR) is 55.1 cm³/mol. The minimum Gasteiger partial charge on any atom is -0.356 e. The highest BCUT2D eigenvalue weighted by Gasteiger charge is 1.96. The fourth-order valence-electron chi connectivity index (χ4n) is 1.01. The number of hydrogen-bond acceptors (Lipinski definition) is 1. The molecule has 2 heteroatoms. The van der Waals surface area contributed by atoms with Crippen molar-refractivity contribution in [3.63, 3.8) is 0 Å². The SMILES string of the molecule is CCN([C]=S)Cc1ccccc1. The summed E-state index contributed by atoms with van der Waals surface area (Å²) in [5.41, 5.74) is 3.99. The van der Waals surface area contributed by atoms with Gasteiger partial charge in [-0.2, -0.15) is 0 Å². The van der Waals surface area contributed by atoms with Gasteiger partial charge in [-0.15, -0.1) is 0 Å². The molecule has 0 amide bonds. The first-order valence-electron chi connectivity index (χ1n) is 4.03. The molecule has 0 saturated heterocycles. The maximum absolute atomic E-state index is 4.75. The smallest absolute Gasteiger partial charge is 0.137 e. The van der Waals surface area contributed by atoms with Gasteiger partial charge in [-0.05, 0) is 12.5 Å². The van der Waals surface area contributed by atoms with Crippen molar-refractivity contribution in [3.8, 4) is 0 Å². The molecule has 12 heavy (non-hydrogen) atoms. The van der Waals surface area contributed by atoms with Crippen LogP contribution in [0.15, 0.2) is 30.3 Å². The largest absolute Gasteiger partial charge is 0.356 e. The van der Waals surface area contributed by atoms with Crippen LogP contribution in [0.3, 0.4) is 0 Å². The number of hydrogen-bond donors (Lipinski definition) is 0. The van der Waals surface area contributed by atoms with Crippen LogP contribution in [0.25, 0.3) is 0 Å². The summed E-state index contributed by atoms with van der Waals surface area (Å²) in [6, 6.07) is 10.3. The van der Waals surface area contributed by atoms with Crippen LogP contribution in [0.4, 0.5) is 0 Å². The van der Waals surface area contributed by atoms with Crippen molar-refractivity contribution in [3.05, 3.63) is 35.9 Å². The molecule has 0 atom stereocenters. The molecular weight excluding hydrogens is 166 g/mol. The maximum Gasteiger partial charge on any atom is 0.137 e. The first-order chi connectivity index (χ1) is 5.86. The second-order valence-corrected chi connectivity index (χ2v) is 2.77. The van der Waals surface area contributed by atoms with Gasteiger partial charge in [0.2, 0.25) is 0 Å². The maximum atomic E-state index is 4.75. The van der Waals surface area contributed by atoms with E-state index in [0.29, 0.717) is 0 Å². The van der Waals surface area contributed by atoms with Crippen LogP contribution >= 0.6 is 12.2 Å². The van der Waals surface area contributed by atoms with E-state index >= 15 is 0 Å². The highest BCUT2D eigenvalue weighted by molar-refractivity contribution is 7.78. The first kappa shape index (κ1) is 9.20. The molecule has 0 heterocycles. The first-order valence-corrected chi connectivity index (χ1v) is 4.44. The Bertz CT molecular complexity index is 233. The molecule has 1 nitrogen and oxygen atoms in total. The fraction of sp³-hybridized carbons (Fsp3) is 0.300. The quantitative estimate of drug-likeness (QED) is 0.514. The van der Waals surface area contributed by atoms with Crippen molar-refractivity contribution in [1.82, 2.24) is 4.90 Å². The lowest BCUT2D eigenvalue weighted by atomic mass is 10.2. The van der Waals surface area contributed by atoms with Crippen molar-refractivity contribution in [2.45, 2.75) is 13.5 Å². The fourth-order valence-corrected chi connectivity index (χ4v) is 1.21. The normalized spacial score (nSPS) is 9.42. The molecule has 0 fully saturated rings. The minimum atomic E-state index is 0.862.